The maximum atomic E-state index is 12.7. The number of carbonyl (C=O) groups is 1. The van der Waals surface area contributed by atoms with Crippen molar-refractivity contribution in [2.75, 3.05) is 6.54 Å². The van der Waals surface area contributed by atoms with Gasteiger partial charge in [-0.2, -0.15) is 5.10 Å². The molecule has 0 atom stereocenters. The molecule has 0 bridgehead atoms. The molecular formula is C24H20N6O. The fraction of sp³-hybridized carbons (Fsp3) is 0.0833. The molecule has 0 fully saturated rings. The second kappa shape index (κ2) is 8.23. The number of fused-ring (bicyclic) bond motifs is 1. The molecule has 0 spiro atoms. The second-order valence-corrected chi connectivity index (χ2v) is 7.10. The highest BCUT2D eigenvalue weighted by atomic mass is 16.1. The van der Waals surface area contributed by atoms with E-state index in [1.54, 1.807) is 23.0 Å². The smallest absolute Gasteiger partial charge is 0.271 e. The van der Waals surface area contributed by atoms with E-state index in [1.807, 2.05) is 66.7 Å². The third kappa shape index (κ3) is 3.93. The van der Waals surface area contributed by atoms with Gasteiger partial charge in [-0.3, -0.25) is 4.79 Å². The zero-order valence-corrected chi connectivity index (χ0v) is 16.7. The third-order valence-electron chi connectivity index (χ3n) is 5.00. The molecule has 1 amide bonds. The largest absolute Gasteiger partial charge is 0.350 e. The summed E-state index contributed by atoms with van der Waals surface area (Å²) in [6.07, 6.45) is 4.08. The van der Waals surface area contributed by atoms with Gasteiger partial charge in [0.05, 0.1) is 11.4 Å². The van der Waals surface area contributed by atoms with Crippen molar-refractivity contribution >= 4 is 11.6 Å². The standard InChI is InChI=1S/C24H20N6O/c31-24(27-12-11-22-25-13-14-26-22)20-16-23-28-19(17-7-3-1-4-8-17)15-21(30(23)29-20)18-9-5-2-6-10-18/h1-10,13-16H,11-12H2,(H,25,26)(H,27,31). The van der Waals surface area contributed by atoms with Crippen LogP contribution in [0.1, 0.15) is 16.3 Å². The molecule has 0 unspecified atom stereocenters. The van der Waals surface area contributed by atoms with E-state index in [4.69, 9.17) is 4.98 Å². The average Bonchev–Trinajstić information content (AvgIpc) is 3.49. The molecule has 0 saturated carbocycles. The van der Waals surface area contributed by atoms with Crippen LogP contribution in [0.4, 0.5) is 0 Å². The topological polar surface area (TPSA) is 88.0 Å². The zero-order chi connectivity index (χ0) is 21.0. The number of aromatic nitrogens is 5. The van der Waals surface area contributed by atoms with Crippen LogP contribution < -0.4 is 5.32 Å². The molecule has 5 rings (SSSR count). The lowest BCUT2D eigenvalue weighted by molar-refractivity contribution is 0.0948. The Bertz CT molecular complexity index is 1310. The van der Waals surface area contributed by atoms with Gasteiger partial charge in [0.15, 0.2) is 11.3 Å². The fourth-order valence-electron chi connectivity index (χ4n) is 3.48. The van der Waals surface area contributed by atoms with E-state index in [2.05, 4.69) is 20.4 Å². The molecular weight excluding hydrogens is 388 g/mol. The Morgan fingerprint density at radius 3 is 2.42 bits per heavy atom. The minimum absolute atomic E-state index is 0.239. The van der Waals surface area contributed by atoms with Crippen LogP contribution in [-0.2, 0) is 6.42 Å². The molecule has 2 aromatic carbocycles. The maximum Gasteiger partial charge on any atom is 0.271 e. The van der Waals surface area contributed by atoms with Gasteiger partial charge in [-0.15, -0.1) is 0 Å². The predicted octanol–water partition coefficient (Wildman–Crippen LogP) is 3.76. The first kappa shape index (κ1) is 18.7. The van der Waals surface area contributed by atoms with Crippen LogP contribution in [-0.4, -0.2) is 37.0 Å². The summed E-state index contributed by atoms with van der Waals surface area (Å²) in [5.74, 6) is 0.591. The van der Waals surface area contributed by atoms with Gasteiger partial charge in [0.1, 0.15) is 5.82 Å². The first-order valence-corrected chi connectivity index (χ1v) is 10.1. The highest BCUT2D eigenvalue weighted by Crippen LogP contribution is 2.26. The highest BCUT2D eigenvalue weighted by molar-refractivity contribution is 5.93. The summed E-state index contributed by atoms with van der Waals surface area (Å²) in [5, 5.41) is 7.46. The molecule has 7 heteroatoms. The summed E-state index contributed by atoms with van der Waals surface area (Å²) in [5.41, 5.74) is 4.66. The van der Waals surface area contributed by atoms with Crippen molar-refractivity contribution in [3.05, 3.63) is 96.7 Å². The van der Waals surface area contributed by atoms with E-state index >= 15 is 0 Å². The molecule has 0 radical (unpaired) electrons. The lowest BCUT2D eigenvalue weighted by Crippen LogP contribution is -2.26. The molecule has 0 aliphatic heterocycles. The molecule has 0 aliphatic carbocycles. The summed E-state index contributed by atoms with van der Waals surface area (Å²) in [6, 6.07) is 23.7. The minimum atomic E-state index is -0.239. The van der Waals surface area contributed by atoms with Crippen molar-refractivity contribution in [1.82, 2.24) is 29.9 Å². The van der Waals surface area contributed by atoms with Crippen LogP contribution in [0.15, 0.2) is 85.2 Å². The molecule has 0 aliphatic rings. The van der Waals surface area contributed by atoms with Crippen LogP contribution in [0.25, 0.3) is 28.2 Å². The van der Waals surface area contributed by atoms with E-state index < -0.39 is 0 Å². The normalized spacial score (nSPS) is 11.0. The Morgan fingerprint density at radius 1 is 0.968 bits per heavy atom. The quantitative estimate of drug-likeness (QED) is 0.448. The Balaban J connectivity index is 1.51. The number of aromatic amines is 1. The van der Waals surface area contributed by atoms with Crippen molar-refractivity contribution in [3.8, 4) is 22.5 Å². The molecule has 31 heavy (non-hydrogen) atoms. The SMILES string of the molecule is O=C(NCCc1ncc[nH]1)c1cc2nc(-c3ccccc3)cc(-c3ccccc3)n2n1. The number of rotatable bonds is 6. The van der Waals surface area contributed by atoms with E-state index in [-0.39, 0.29) is 5.91 Å². The number of carbonyl (C=O) groups excluding carboxylic acids is 1. The van der Waals surface area contributed by atoms with Crippen LogP contribution in [0.2, 0.25) is 0 Å². The highest BCUT2D eigenvalue weighted by Gasteiger charge is 2.16. The van der Waals surface area contributed by atoms with Crippen LogP contribution >= 0.6 is 0 Å². The molecule has 2 N–H and O–H groups in total. The predicted molar refractivity (Wildman–Crippen MR) is 118 cm³/mol. The van der Waals surface area contributed by atoms with Crippen molar-refractivity contribution in [1.29, 1.82) is 0 Å². The number of benzene rings is 2. The lowest BCUT2D eigenvalue weighted by atomic mass is 10.1. The Kier molecular flexibility index (Phi) is 4.98. The second-order valence-electron chi connectivity index (χ2n) is 7.10. The average molecular weight is 408 g/mol. The van der Waals surface area contributed by atoms with Gasteiger partial charge in [-0.25, -0.2) is 14.5 Å². The molecule has 152 valence electrons. The maximum absolute atomic E-state index is 12.7. The number of nitrogens with zero attached hydrogens (tertiary/aromatic N) is 4. The Labute approximate surface area is 178 Å². The summed E-state index contributed by atoms with van der Waals surface area (Å²) in [6.45, 7) is 0.467. The van der Waals surface area contributed by atoms with Crippen molar-refractivity contribution in [3.63, 3.8) is 0 Å². The fourth-order valence-corrected chi connectivity index (χ4v) is 3.48. The van der Waals surface area contributed by atoms with Gasteiger partial charge >= 0.3 is 0 Å². The molecule has 7 nitrogen and oxygen atoms in total. The van der Waals surface area contributed by atoms with Gasteiger partial charge in [-0.1, -0.05) is 60.7 Å². The van der Waals surface area contributed by atoms with E-state index in [9.17, 15) is 4.79 Å². The number of hydrogen-bond donors (Lipinski definition) is 2. The van der Waals surface area contributed by atoms with Gasteiger partial charge in [0.2, 0.25) is 0 Å². The number of H-pyrrole nitrogens is 1. The van der Waals surface area contributed by atoms with E-state index in [0.29, 0.717) is 24.3 Å². The van der Waals surface area contributed by atoms with Gasteiger partial charge < -0.3 is 10.3 Å². The summed E-state index contributed by atoms with van der Waals surface area (Å²) in [4.78, 5) is 24.7. The monoisotopic (exact) mass is 408 g/mol. The first-order chi connectivity index (χ1) is 15.3. The summed E-state index contributed by atoms with van der Waals surface area (Å²) in [7, 11) is 0. The molecule has 3 heterocycles. The molecule has 3 aromatic heterocycles. The van der Waals surface area contributed by atoms with Gasteiger partial charge in [-0.05, 0) is 6.07 Å². The number of imidazole rings is 1. The van der Waals surface area contributed by atoms with E-state index in [1.165, 1.54) is 0 Å². The van der Waals surface area contributed by atoms with Crippen molar-refractivity contribution < 1.29 is 4.79 Å². The Morgan fingerprint density at radius 2 is 1.71 bits per heavy atom. The Hall–Kier alpha value is -4.26. The number of nitrogens with one attached hydrogen (secondary N) is 2. The first-order valence-electron chi connectivity index (χ1n) is 10.1. The van der Waals surface area contributed by atoms with Gasteiger partial charge in [0.25, 0.3) is 5.91 Å². The van der Waals surface area contributed by atoms with Crippen LogP contribution in [0, 0.1) is 0 Å². The van der Waals surface area contributed by atoms with Crippen molar-refractivity contribution in [2.24, 2.45) is 0 Å². The zero-order valence-electron chi connectivity index (χ0n) is 16.7. The number of hydrogen-bond acceptors (Lipinski definition) is 4. The van der Waals surface area contributed by atoms with E-state index in [0.717, 1.165) is 28.3 Å². The van der Waals surface area contributed by atoms with Gasteiger partial charge in [0, 0.05) is 42.6 Å². The van der Waals surface area contributed by atoms with Crippen LogP contribution in [0.3, 0.4) is 0 Å². The lowest BCUT2D eigenvalue weighted by Gasteiger charge is -2.08. The summed E-state index contributed by atoms with van der Waals surface area (Å²) >= 11 is 0. The van der Waals surface area contributed by atoms with Crippen molar-refractivity contribution in [2.45, 2.75) is 6.42 Å². The van der Waals surface area contributed by atoms with Crippen LogP contribution in [0.5, 0.6) is 0 Å². The molecule has 0 saturated heterocycles. The minimum Gasteiger partial charge on any atom is -0.350 e. The third-order valence-corrected chi connectivity index (χ3v) is 5.00. The summed E-state index contributed by atoms with van der Waals surface area (Å²) < 4.78 is 1.73. The molecule has 5 aromatic rings. The number of amides is 1.